The van der Waals surface area contributed by atoms with E-state index in [2.05, 4.69) is 0 Å². The van der Waals surface area contributed by atoms with E-state index in [1.54, 1.807) is 12.1 Å². The molecule has 2 aliphatic heterocycles. The van der Waals surface area contributed by atoms with Crippen LogP contribution in [0.25, 0.3) is 0 Å². The van der Waals surface area contributed by atoms with Crippen LogP contribution in [0, 0.1) is 5.92 Å². The van der Waals surface area contributed by atoms with Crippen LogP contribution in [0.4, 0.5) is 13.2 Å². The molecule has 2 fully saturated rings. The van der Waals surface area contributed by atoms with Crippen LogP contribution >= 0.6 is 0 Å². The van der Waals surface area contributed by atoms with Crippen molar-refractivity contribution in [2.45, 2.75) is 51.1 Å². The van der Waals surface area contributed by atoms with Crippen LogP contribution in [0.15, 0.2) is 18.2 Å². The smallest absolute Gasteiger partial charge is 0.422 e. The maximum absolute atomic E-state index is 12.6. The van der Waals surface area contributed by atoms with Gasteiger partial charge in [-0.1, -0.05) is 6.07 Å². The van der Waals surface area contributed by atoms with Gasteiger partial charge in [0.2, 0.25) is 11.8 Å². The summed E-state index contributed by atoms with van der Waals surface area (Å²) in [6.45, 7) is 1.67. The summed E-state index contributed by atoms with van der Waals surface area (Å²) in [5.74, 6) is 0.850. The van der Waals surface area contributed by atoms with E-state index in [0.717, 1.165) is 44.3 Å². The van der Waals surface area contributed by atoms with Crippen LogP contribution in [0.2, 0.25) is 0 Å². The molecule has 2 heterocycles. The number of hydrogen-bond donors (Lipinski definition) is 0. The zero-order chi connectivity index (χ0) is 23.1. The molecule has 9 heteroatoms. The third-order valence-corrected chi connectivity index (χ3v) is 6.14. The zero-order valence-electron chi connectivity index (χ0n) is 18.5. The number of benzene rings is 1. The Morgan fingerprint density at radius 3 is 2.28 bits per heavy atom. The van der Waals surface area contributed by atoms with Crippen molar-refractivity contribution >= 4 is 11.8 Å². The number of carbonyl (C=O) groups is 2. The topological polar surface area (TPSA) is 59.1 Å². The second-order valence-electron chi connectivity index (χ2n) is 8.51. The number of halogens is 3. The SMILES string of the molecule is COc1cc(CCC(=O)N2CCC(CC(=O)N3CCCC3)CC2)ccc1OCC(F)(F)F. The molecule has 0 unspecified atom stereocenters. The predicted molar refractivity (Wildman–Crippen MR) is 113 cm³/mol. The first-order chi connectivity index (χ1) is 15.2. The van der Waals surface area contributed by atoms with Crippen LogP contribution in [-0.4, -0.2) is 67.7 Å². The molecule has 0 aromatic heterocycles. The molecule has 178 valence electrons. The number of amides is 2. The molecule has 0 bridgehead atoms. The number of methoxy groups -OCH3 is 1. The van der Waals surface area contributed by atoms with Crippen molar-refractivity contribution in [1.82, 2.24) is 9.80 Å². The highest BCUT2D eigenvalue weighted by atomic mass is 19.4. The van der Waals surface area contributed by atoms with Gasteiger partial charge < -0.3 is 19.3 Å². The summed E-state index contributed by atoms with van der Waals surface area (Å²) >= 11 is 0. The van der Waals surface area contributed by atoms with Crippen molar-refractivity contribution in [3.05, 3.63) is 23.8 Å². The van der Waals surface area contributed by atoms with Gasteiger partial charge in [-0.15, -0.1) is 0 Å². The lowest BCUT2D eigenvalue weighted by atomic mass is 9.92. The molecule has 0 atom stereocenters. The molecule has 32 heavy (non-hydrogen) atoms. The fourth-order valence-electron chi connectivity index (χ4n) is 4.28. The molecule has 6 nitrogen and oxygen atoms in total. The van der Waals surface area contributed by atoms with Gasteiger partial charge in [-0.05, 0) is 55.7 Å². The second kappa shape index (κ2) is 10.9. The zero-order valence-corrected chi connectivity index (χ0v) is 18.5. The second-order valence-corrected chi connectivity index (χ2v) is 8.51. The van der Waals surface area contributed by atoms with E-state index in [-0.39, 0.29) is 23.3 Å². The molecular formula is C23H31F3N2O4. The Morgan fingerprint density at radius 1 is 1.00 bits per heavy atom. The van der Waals surface area contributed by atoms with E-state index in [0.29, 0.717) is 38.3 Å². The number of hydrogen-bond acceptors (Lipinski definition) is 4. The summed E-state index contributed by atoms with van der Waals surface area (Å²) in [6, 6.07) is 4.69. The Morgan fingerprint density at radius 2 is 1.66 bits per heavy atom. The quantitative estimate of drug-likeness (QED) is 0.597. The number of aryl methyl sites for hydroxylation is 1. The molecule has 2 saturated heterocycles. The van der Waals surface area contributed by atoms with E-state index in [4.69, 9.17) is 9.47 Å². The molecule has 0 N–H and O–H groups in total. The third-order valence-electron chi connectivity index (χ3n) is 6.14. The van der Waals surface area contributed by atoms with E-state index in [1.165, 1.54) is 13.2 Å². The minimum Gasteiger partial charge on any atom is -0.493 e. The lowest BCUT2D eigenvalue weighted by Crippen LogP contribution is -2.40. The number of alkyl halides is 3. The summed E-state index contributed by atoms with van der Waals surface area (Å²) in [7, 11) is 1.36. The largest absolute Gasteiger partial charge is 0.493 e. The fourth-order valence-corrected chi connectivity index (χ4v) is 4.28. The Bertz CT molecular complexity index is 786. The van der Waals surface area contributed by atoms with Crippen molar-refractivity contribution < 1.29 is 32.2 Å². The van der Waals surface area contributed by atoms with Crippen LogP contribution in [0.5, 0.6) is 11.5 Å². The van der Waals surface area contributed by atoms with E-state index in [1.807, 2.05) is 9.80 Å². The van der Waals surface area contributed by atoms with Gasteiger partial charge in [-0.2, -0.15) is 13.2 Å². The van der Waals surface area contributed by atoms with Crippen LogP contribution in [0.3, 0.4) is 0 Å². The van der Waals surface area contributed by atoms with Gasteiger partial charge in [-0.3, -0.25) is 9.59 Å². The van der Waals surface area contributed by atoms with E-state index >= 15 is 0 Å². The predicted octanol–water partition coefficient (Wildman–Crippen LogP) is 3.82. The van der Waals surface area contributed by atoms with Gasteiger partial charge in [0.15, 0.2) is 18.1 Å². The standard InChI is InChI=1S/C23H31F3N2O4/c1-31-20-14-17(4-6-19(20)32-16-23(24,25)26)5-7-21(29)28-12-8-18(9-13-28)15-22(30)27-10-2-3-11-27/h4,6,14,18H,2-3,5,7-13,15-16H2,1H3. The Labute approximate surface area is 186 Å². The summed E-state index contributed by atoms with van der Waals surface area (Å²) in [5, 5.41) is 0. The molecule has 3 rings (SSSR count). The summed E-state index contributed by atoms with van der Waals surface area (Å²) in [5.41, 5.74) is 0.792. The molecule has 0 spiro atoms. The third kappa shape index (κ3) is 7.03. The maximum atomic E-state index is 12.6. The highest BCUT2D eigenvalue weighted by molar-refractivity contribution is 5.77. The lowest BCUT2D eigenvalue weighted by molar-refractivity contribution is -0.153. The number of nitrogens with zero attached hydrogens (tertiary/aromatic N) is 2. The molecule has 1 aromatic carbocycles. The van der Waals surface area contributed by atoms with Gasteiger partial charge in [0, 0.05) is 39.0 Å². The van der Waals surface area contributed by atoms with Crippen LogP contribution in [0.1, 0.15) is 44.1 Å². The number of piperidine rings is 1. The molecule has 0 saturated carbocycles. The highest BCUT2D eigenvalue weighted by Crippen LogP contribution is 2.30. The summed E-state index contributed by atoms with van der Waals surface area (Å²) in [6.07, 6.45) is 0.775. The van der Waals surface area contributed by atoms with E-state index in [9.17, 15) is 22.8 Å². The normalized spacial score (nSPS) is 17.5. The van der Waals surface area contributed by atoms with Crippen molar-refractivity contribution in [3.8, 4) is 11.5 Å². The Hall–Kier alpha value is -2.45. The molecule has 2 aliphatic rings. The fraction of sp³-hybridized carbons (Fsp3) is 0.652. The van der Waals surface area contributed by atoms with Gasteiger partial charge in [0.05, 0.1) is 7.11 Å². The van der Waals surface area contributed by atoms with Gasteiger partial charge in [-0.25, -0.2) is 0 Å². The van der Waals surface area contributed by atoms with Crippen molar-refractivity contribution in [3.63, 3.8) is 0 Å². The average Bonchev–Trinajstić information content (AvgIpc) is 3.31. The number of likely N-dealkylation sites (tertiary alicyclic amines) is 2. The molecular weight excluding hydrogens is 425 g/mol. The number of rotatable bonds is 8. The number of carbonyl (C=O) groups excluding carboxylic acids is 2. The average molecular weight is 457 g/mol. The highest BCUT2D eigenvalue weighted by Gasteiger charge is 2.29. The molecule has 2 amide bonds. The number of ether oxygens (including phenoxy) is 2. The molecule has 0 aliphatic carbocycles. The van der Waals surface area contributed by atoms with E-state index < -0.39 is 12.8 Å². The summed E-state index contributed by atoms with van der Waals surface area (Å²) in [4.78, 5) is 28.7. The van der Waals surface area contributed by atoms with Gasteiger partial charge in [0.25, 0.3) is 0 Å². The first-order valence-corrected chi connectivity index (χ1v) is 11.2. The first kappa shape index (κ1) is 24.2. The minimum atomic E-state index is -4.43. The Balaban J connectivity index is 1.43. The van der Waals surface area contributed by atoms with Crippen molar-refractivity contribution in [2.24, 2.45) is 5.92 Å². The lowest BCUT2D eigenvalue weighted by Gasteiger charge is -2.32. The minimum absolute atomic E-state index is 0.0189. The monoisotopic (exact) mass is 456 g/mol. The molecule has 1 aromatic rings. The first-order valence-electron chi connectivity index (χ1n) is 11.2. The Kier molecular flexibility index (Phi) is 8.26. The molecule has 0 radical (unpaired) electrons. The maximum Gasteiger partial charge on any atom is 0.422 e. The van der Waals surface area contributed by atoms with Crippen molar-refractivity contribution in [2.75, 3.05) is 39.9 Å². The van der Waals surface area contributed by atoms with Crippen LogP contribution < -0.4 is 9.47 Å². The van der Waals surface area contributed by atoms with Gasteiger partial charge in [0.1, 0.15) is 0 Å². The van der Waals surface area contributed by atoms with Gasteiger partial charge >= 0.3 is 6.18 Å². The van der Waals surface area contributed by atoms with Crippen LogP contribution in [-0.2, 0) is 16.0 Å². The summed E-state index contributed by atoms with van der Waals surface area (Å²) < 4.78 is 47.0. The van der Waals surface area contributed by atoms with Crippen molar-refractivity contribution in [1.29, 1.82) is 0 Å².